The van der Waals surface area contributed by atoms with Crippen molar-refractivity contribution in [1.82, 2.24) is 5.06 Å². The standard InChI is InChI=1S/C18H22N2O2/c1-20(22-2)18(21)19-17-13-11-16(12-14-17)10-6-9-15-7-4-3-5-8-15/h3-5,7-8,11-14H,6,9-10H2,1-2H3,(H,19,21). The summed E-state index contributed by atoms with van der Waals surface area (Å²) in [6, 6.07) is 18.1. The number of hydrogen-bond donors (Lipinski definition) is 1. The number of rotatable bonds is 6. The number of benzene rings is 2. The van der Waals surface area contributed by atoms with Crippen molar-refractivity contribution in [1.29, 1.82) is 0 Å². The zero-order valence-corrected chi connectivity index (χ0v) is 13.1. The van der Waals surface area contributed by atoms with Crippen LogP contribution in [-0.4, -0.2) is 25.3 Å². The third-order valence-electron chi connectivity index (χ3n) is 3.54. The van der Waals surface area contributed by atoms with Crippen LogP contribution in [0.4, 0.5) is 10.5 Å². The predicted molar refractivity (Wildman–Crippen MR) is 88.7 cm³/mol. The Morgan fingerprint density at radius 1 is 1.00 bits per heavy atom. The molecule has 0 aliphatic heterocycles. The fraction of sp³-hybridized carbons (Fsp3) is 0.278. The highest BCUT2D eigenvalue weighted by Gasteiger charge is 2.07. The van der Waals surface area contributed by atoms with Crippen molar-refractivity contribution in [2.24, 2.45) is 0 Å². The zero-order chi connectivity index (χ0) is 15.8. The first-order valence-electron chi connectivity index (χ1n) is 7.40. The predicted octanol–water partition coefficient (Wildman–Crippen LogP) is 3.89. The minimum Gasteiger partial charge on any atom is -0.306 e. The van der Waals surface area contributed by atoms with E-state index in [1.165, 1.54) is 18.2 Å². The highest BCUT2D eigenvalue weighted by atomic mass is 16.7. The maximum Gasteiger partial charge on any atom is 0.345 e. The van der Waals surface area contributed by atoms with Gasteiger partial charge in [0.1, 0.15) is 0 Å². The van der Waals surface area contributed by atoms with E-state index in [-0.39, 0.29) is 6.03 Å². The third kappa shape index (κ3) is 4.90. The molecule has 0 spiro atoms. The fourth-order valence-electron chi connectivity index (χ4n) is 2.18. The second-order valence-corrected chi connectivity index (χ2v) is 5.15. The molecule has 22 heavy (non-hydrogen) atoms. The van der Waals surface area contributed by atoms with Gasteiger partial charge in [0.15, 0.2) is 0 Å². The summed E-state index contributed by atoms with van der Waals surface area (Å²) >= 11 is 0. The van der Waals surface area contributed by atoms with Gasteiger partial charge in [0.25, 0.3) is 0 Å². The van der Waals surface area contributed by atoms with E-state index in [2.05, 4.69) is 29.6 Å². The van der Waals surface area contributed by atoms with Gasteiger partial charge in [-0.05, 0) is 42.5 Å². The number of aryl methyl sites for hydroxylation is 2. The first-order valence-corrected chi connectivity index (χ1v) is 7.40. The van der Waals surface area contributed by atoms with Gasteiger partial charge in [0.05, 0.1) is 7.11 Å². The largest absolute Gasteiger partial charge is 0.345 e. The zero-order valence-electron chi connectivity index (χ0n) is 13.1. The number of nitrogens with one attached hydrogen (secondary N) is 1. The smallest absolute Gasteiger partial charge is 0.306 e. The maximum absolute atomic E-state index is 11.6. The molecule has 2 aromatic rings. The van der Waals surface area contributed by atoms with E-state index < -0.39 is 0 Å². The van der Waals surface area contributed by atoms with E-state index in [0.29, 0.717) is 0 Å². The van der Waals surface area contributed by atoms with Crippen molar-refractivity contribution in [2.45, 2.75) is 19.3 Å². The lowest BCUT2D eigenvalue weighted by Crippen LogP contribution is -2.30. The molecule has 0 saturated carbocycles. The monoisotopic (exact) mass is 298 g/mol. The molecule has 0 bridgehead atoms. The Hall–Kier alpha value is -2.33. The Morgan fingerprint density at radius 3 is 2.18 bits per heavy atom. The lowest BCUT2D eigenvalue weighted by atomic mass is 10.0. The number of amides is 2. The maximum atomic E-state index is 11.6. The Bertz CT molecular complexity index is 582. The van der Waals surface area contributed by atoms with Crippen molar-refractivity contribution in [3.05, 3.63) is 65.7 Å². The van der Waals surface area contributed by atoms with Crippen molar-refractivity contribution >= 4 is 11.7 Å². The summed E-state index contributed by atoms with van der Waals surface area (Å²) in [5.41, 5.74) is 3.41. The molecule has 0 aliphatic carbocycles. The van der Waals surface area contributed by atoms with Crippen LogP contribution in [0, 0.1) is 0 Å². The summed E-state index contributed by atoms with van der Waals surface area (Å²) < 4.78 is 0. The molecule has 0 heterocycles. The van der Waals surface area contributed by atoms with Crippen molar-refractivity contribution in [2.75, 3.05) is 19.5 Å². The van der Waals surface area contributed by atoms with Gasteiger partial charge in [-0.2, -0.15) is 0 Å². The summed E-state index contributed by atoms with van der Waals surface area (Å²) in [5.74, 6) is 0. The molecule has 116 valence electrons. The van der Waals surface area contributed by atoms with Gasteiger partial charge < -0.3 is 5.32 Å². The Morgan fingerprint density at radius 2 is 1.59 bits per heavy atom. The number of anilines is 1. The highest BCUT2D eigenvalue weighted by Crippen LogP contribution is 2.13. The first kappa shape index (κ1) is 16.0. The molecule has 4 heteroatoms. The average molecular weight is 298 g/mol. The minimum atomic E-state index is -0.292. The summed E-state index contributed by atoms with van der Waals surface area (Å²) in [7, 11) is 3.02. The van der Waals surface area contributed by atoms with Gasteiger partial charge in [-0.15, -0.1) is 0 Å². The van der Waals surface area contributed by atoms with Crippen LogP contribution < -0.4 is 5.32 Å². The number of carbonyl (C=O) groups excluding carboxylic acids is 1. The van der Waals surface area contributed by atoms with Crippen LogP contribution in [0.25, 0.3) is 0 Å². The molecular formula is C18H22N2O2. The van der Waals surface area contributed by atoms with Crippen molar-refractivity contribution in [3.8, 4) is 0 Å². The second kappa shape index (κ2) is 8.20. The highest BCUT2D eigenvalue weighted by molar-refractivity contribution is 5.88. The van der Waals surface area contributed by atoms with Gasteiger partial charge >= 0.3 is 6.03 Å². The number of nitrogens with zero attached hydrogens (tertiary/aromatic N) is 1. The number of carbonyl (C=O) groups is 1. The van der Waals surface area contributed by atoms with Crippen LogP contribution in [0.1, 0.15) is 17.5 Å². The summed E-state index contributed by atoms with van der Waals surface area (Å²) in [6.45, 7) is 0. The van der Waals surface area contributed by atoms with Crippen molar-refractivity contribution < 1.29 is 9.63 Å². The quantitative estimate of drug-likeness (QED) is 0.822. The topological polar surface area (TPSA) is 41.6 Å². The van der Waals surface area contributed by atoms with Gasteiger partial charge in [0, 0.05) is 12.7 Å². The van der Waals surface area contributed by atoms with E-state index >= 15 is 0 Å². The van der Waals surface area contributed by atoms with Crippen LogP contribution in [0.15, 0.2) is 54.6 Å². The molecule has 0 saturated heterocycles. The fourth-order valence-corrected chi connectivity index (χ4v) is 2.18. The van der Waals surface area contributed by atoms with Crippen LogP contribution in [0.3, 0.4) is 0 Å². The molecule has 1 N–H and O–H groups in total. The molecule has 2 amide bonds. The second-order valence-electron chi connectivity index (χ2n) is 5.15. The first-order chi connectivity index (χ1) is 10.7. The molecule has 2 rings (SSSR count). The minimum absolute atomic E-state index is 0.292. The summed E-state index contributed by atoms with van der Waals surface area (Å²) in [4.78, 5) is 16.5. The molecule has 0 radical (unpaired) electrons. The molecule has 0 atom stereocenters. The Kier molecular flexibility index (Phi) is 5.98. The van der Waals surface area contributed by atoms with Crippen LogP contribution in [0.5, 0.6) is 0 Å². The molecular weight excluding hydrogens is 276 g/mol. The van der Waals surface area contributed by atoms with Crippen LogP contribution >= 0.6 is 0 Å². The molecule has 0 aromatic heterocycles. The van der Waals surface area contributed by atoms with Gasteiger partial charge in [-0.25, -0.2) is 9.86 Å². The Balaban J connectivity index is 1.80. The third-order valence-corrected chi connectivity index (χ3v) is 3.54. The van der Waals surface area contributed by atoms with E-state index in [1.54, 1.807) is 7.05 Å². The molecule has 0 aliphatic rings. The lowest BCUT2D eigenvalue weighted by Gasteiger charge is -2.14. The van der Waals surface area contributed by atoms with E-state index in [4.69, 9.17) is 4.84 Å². The average Bonchev–Trinajstić information content (AvgIpc) is 2.56. The number of urea groups is 1. The lowest BCUT2D eigenvalue weighted by molar-refractivity contribution is -0.0598. The molecule has 0 unspecified atom stereocenters. The van der Waals surface area contributed by atoms with Crippen molar-refractivity contribution in [3.63, 3.8) is 0 Å². The normalized spacial score (nSPS) is 10.3. The van der Waals surface area contributed by atoms with Gasteiger partial charge in [-0.3, -0.25) is 4.84 Å². The number of hydroxylamine groups is 2. The Labute approximate surface area is 131 Å². The molecule has 4 nitrogen and oxygen atoms in total. The molecule has 0 fully saturated rings. The van der Waals surface area contributed by atoms with E-state index in [1.807, 2.05) is 30.3 Å². The number of hydrogen-bond acceptors (Lipinski definition) is 2. The van der Waals surface area contributed by atoms with Gasteiger partial charge in [0.2, 0.25) is 0 Å². The van der Waals surface area contributed by atoms with Crippen LogP contribution in [-0.2, 0) is 17.7 Å². The SMILES string of the molecule is CON(C)C(=O)Nc1ccc(CCCc2ccccc2)cc1. The molecule has 2 aromatic carbocycles. The summed E-state index contributed by atoms with van der Waals surface area (Å²) in [6.07, 6.45) is 3.22. The van der Waals surface area contributed by atoms with Crippen LogP contribution in [0.2, 0.25) is 0 Å². The summed E-state index contributed by atoms with van der Waals surface area (Å²) in [5, 5.41) is 3.91. The van der Waals surface area contributed by atoms with E-state index in [0.717, 1.165) is 30.0 Å². The van der Waals surface area contributed by atoms with Gasteiger partial charge in [-0.1, -0.05) is 42.5 Å². The van der Waals surface area contributed by atoms with E-state index in [9.17, 15) is 4.79 Å².